The van der Waals surface area contributed by atoms with Gasteiger partial charge in [0.25, 0.3) is 5.91 Å². The van der Waals surface area contributed by atoms with Crippen molar-refractivity contribution in [3.8, 4) is 0 Å². The summed E-state index contributed by atoms with van der Waals surface area (Å²) >= 11 is 0. The topological polar surface area (TPSA) is 52.7 Å². The molecule has 1 aromatic carbocycles. The summed E-state index contributed by atoms with van der Waals surface area (Å²) in [6.45, 7) is 2.43. The van der Waals surface area contributed by atoms with Crippen LogP contribution in [0.3, 0.4) is 0 Å². The first-order valence-corrected chi connectivity index (χ1v) is 6.01. The lowest BCUT2D eigenvalue weighted by molar-refractivity contribution is -0.119. The molecule has 0 radical (unpaired) electrons. The van der Waals surface area contributed by atoms with Crippen molar-refractivity contribution >= 4 is 18.0 Å². The number of anilines is 1. The number of carbonyl (C=O) groups excluding carboxylic acids is 2. The van der Waals surface area contributed by atoms with E-state index in [2.05, 4.69) is 5.32 Å². The maximum Gasteiger partial charge on any atom is 0.253 e. The molecular weight excluding hydrogens is 230 g/mol. The van der Waals surface area contributed by atoms with Gasteiger partial charge in [0.15, 0.2) is 0 Å². The van der Waals surface area contributed by atoms with E-state index in [1.54, 1.807) is 9.80 Å². The van der Waals surface area contributed by atoms with Gasteiger partial charge in [-0.2, -0.15) is 0 Å². The normalized spacial score (nSPS) is 15.4. The lowest BCUT2D eigenvalue weighted by Gasteiger charge is -2.32. The fourth-order valence-electron chi connectivity index (χ4n) is 1.99. The molecule has 1 N–H and O–H groups in total. The third-order valence-corrected chi connectivity index (χ3v) is 3.17. The molecule has 0 spiro atoms. The van der Waals surface area contributed by atoms with Crippen molar-refractivity contribution in [1.82, 2.24) is 9.80 Å². The monoisotopic (exact) mass is 247 g/mol. The predicted molar refractivity (Wildman–Crippen MR) is 69.5 cm³/mol. The Morgan fingerprint density at radius 1 is 1.17 bits per heavy atom. The zero-order valence-electron chi connectivity index (χ0n) is 10.4. The molecule has 1 heterocycles. The number of nitrogens with one attached hydrogen (secondary N) is 1. The average Bonchev–Trinajstić information content (AvgIpc) is 2.47. The molecule has 1 aliphatic rings. The summed E-state index contributed by atoms with van der Waals surface area (Å²) in [4.78, 5) is 26.3. The summed E-state index contributed by atoms with van der Waals surface area (Å²) < 4.78 is 0. The average molecular weight is 247 g/mol. The Morgan fingerprint density at radius 3 is 2.28 bits per heavy atom. The zero-order chi connectivity index (χ0) is 13.0. The molecule has 0 saturated carbocycles. The first kappa shape index (κ1) is 12.4. The number of carbonyl (C=O) groups is 2. The molecule has 1 saturated heterocycles. The molecule has 0 atom stereocenters. The summed E-state index contributed by atoms with van der Waals surface area (Å²) in [5.74, 6) is 0.0307. The minimum Gasteiger partial charge on any atom is -0.388 e. The summed E-state index contributed by atoms with van der Waals surface area (Å²) in [5.41, 5.74) is 1.67. The maximum atomic E-state index is 12.2. The van der Waals surface area contributed by atoms with E-state index in [4.69, 9.17) is 0 Å². The molecule has 96 valence electrons. The highest BCUT2D eigenvalue weighted by atomic mass is 16.2. The first-order valence-electron chi connectivity index (χ1n) is 6.01. The highest BCUT2D eigenvalue weighted by Crippen LogP contribution is 2.12. The third kappa shape index (κ3) is 2.61. The van der Waals surface area contributed by atoms with E-state index in [0.29, 0.717) is 31.7 Å². The number of rotatable bonds is 3. The van der Waals surface area contributed by atoms with Crippen molar-refractivity contribution in [2.45, 2.75) is 0 Å². The van der Waals surface area contributed by atoms with E-state index in [0.717, 1.165) is 12.1 Å². The Hall–Kier alpha value is -2.04. The predicted octanol–water partition coefficient (Wildman–Crippen LogP) is 0.642. The van der Waals surface area contributed by atoms with E-state index in [9.17, 15) is 9.59 Å². The van der Waals surface area contributed by atoms with E-state index in [-0.39, 0.29) is 5.91 Å². The van der Waals surface area contributed by atoms with Crippen LogP contribution in [0.4, 0.5) is 5.69 Å². The van der Waals surface area contributed by atoms with Gasteiger partial charge in [0, 0.05) is 44.5 Å². The molecule has 1 aromatic rings. The van der Waals surface area contributed by atoms with Crippen molar-refractivity contribution in [3.63, 3.8) is 0 Å². The fraction of sp³-hybridized carbons (Fsp3) is 0.385. The molecule has 0 aromatic heterocycles. The van der Waals surface area contributed by atoms with Crippen molar-refractivity contribution < 1.29 is 9.59 Å². The summed E-state index contributed by atoms with van der Waals surface area (Å²) in [5, 5.41) is 3.02. The van der Waals surface area contributed by atoms with E-state index in [1.807, 2.05) is 31.3 Å². The van der Waals surface area contributed by atoms with E-state index in [1.165, 1.54) is 0 Å². The van der Waals surface area contributed by atoms with Crippen LogP contribution in [0.5, 0.6) is 0 Å². The van der Waals surface area contributed by atoms with Crippen molar-refractivity contribution in [1.29, 1.82) is 0 Å². The van der Waals surface area contributed by atoms with Crippen molar-refractivity contribution in [2.75, 3.05) is 38.5 Å². The second kappa shape index (κ2) is 5.53. The van der Waals surface area contributed by atoms with Gasteiger partial charge in [-0.25, -0.2) is 0 Å². The van der Waals surface area contributed by atoms with E-state index < -0.39 is 0 Å². The molecule has 2 rings (SSSR count). The lowest BCUT2D eigenvalue weighted by Crippen LogP contribution is -2.48. The van der Waals surface area contributed by atoms with Gasteiger partial charge in [0.05, 0.1) is 0 Å². The Morgan fingerprint density at radius 2 is 1.78 bits per heavy atom. The molecule has 2 amide bonds. The van der Waals surface area contributed by atoms with Gasteiger partial charge >= 0.3 is 0 Å². The molecule has 1 aliphatic heterocycles. The van der Waals surface area contributed by atoms with Gasteiger partial charge in [0.2, 0.25) is 6.41 Å². The summed E-state index contributed by atoms with van der Waals surface area (Å²) in [6.07, 6.45) is 0.837. The number of piperazine rings is 1. The van der Waals surface area contributed by atoms with Crippen LogP contribution in [0, 0.1) is 0 Å². The van der Waals surface area contributed by atoms with Crippen LogP contribution in [-0.4, -0.2) is 55.3 Å². The van der Waals surface area contributed by atoms with Gasteiger partial charge in [-0.1, -0.05) is 0 Å². The first-order chi connectivity index (χ1) is 8.74. The second-order valence-electron chi connectivity index (χ2n) is 4.26. The number of amides is 2. The highest BCUT2D eigenvalue weighted by Gasteiger charge is 2.20. The molecule has 5 heteroatoms. The molecule has 0 bridgehead atoms. The molecule has 0 aliphatic carbocycles. The fourth-order valence-corrected chi connectivity index (χ4v) is 1.99. The Bertz CT molecular complexity index is 422. The maximum absolute atomic E-state index is 12.2. The SMILES string of the molecule is CNc1ccc(C(=O)N2CCN(C=O)CC2)cc1. The minimum absolute atomic E-state index is 0.0307. The standard InChI is InChI=1S/C13H17N3O2/c1-14-12-4-2-11(3-5-12)13(18)16-8-6-15(10-17)7-9-16/h2-5,10,14H,6-9H2,1H3. The summed E-state index contributed by atoms with van der Waals surface area (Å²) in [6, 6.07) is 7.41. The van der Waals surface area contributed by atoms with Gasteiger partial charge in [0.1, 0.15) is 0 Å². The minimum atomic E-state index is 0.0307. The second-order valence-corrected chi connectivity index (χ2v) is 4.26. The largest absolute Gasteiger partial charge is 0.388 e. The van der Waals surface area contributed by atoms with Gasteiger partial charge in [-0.15, -0.1) is 0 Å². The van der Waals surface area contributed by atoms with Gasteiger partial charge < -0.3 is 15.1 Å². The van der Waals surface area contributed by atoms with Gasteiger partial charge in [-0.3, -0.25) is 9.59 Å². The summed E-state index contributed by atoms with van der Waals surface area (Å²) in [7, 11) is 1.84. The Balaban J connectivity index is 2.00. The van der Waals surface area contributed by atoms with Crippen molar-refractivity contribution in [3.05, 3.63) is 29.8 Å². The van der Waals surface area contributed by atoms with Crippen LogP contribution < -0.4 is 5.32 Å². The quantitative estimate of drug-likeness (QED) is 0.798. The lowest BCUT2D eigenvalue weighted by atomic mass is 10.1. The van der Waals surface area contributed by atoms with Crippen LogP contribution in [-0.2, 0) is 4.79 Å². The van der Waals surface area contributed by atoms with Crippen LogP contribution in [0.25, 0.3) is 0 Å². The number of nitrogens with zero attached hydrogens (tertiary/aromatic N) is 2. The Kier molecular flexibility index (Phi) is 3.82. The Labute approximate surface area is 106 Å². The molecule has 0 unspecified atom stereocenters. The third-order valence-electron chi connectivity index (χ3n) is 3.17. The number of benzene rings is 1. The molecular formula is C13H17N3O2. The van der Waals surface area contributed by atoms with Crippen LogP contribution in [0.2, 0.25) is 0 Å². The molecule has 1 fully saturated rings. The highest BCUT2D eigenvalue weighted by molar-refractivity contribution is 5.94. The molecule has 5 nitrogen and oxygen atoms in total. The smallest absolute Gasteiger partial charge is 0.253 e. The van der Waals surface area contributed by atoms with Crippen molar-refractivity contribution in [2.24, 2.45) is 0 Å². The molecule has 18 heavy (non-hydrogen) atoms. The van der Waals surface area contributed by atoms with Gasteiger partial charge in [-0.05, 0) is 24.3 Å². The van der Waals surface area contributed by atoms with Crippen LogP contribution in [0.1, 0.15) is 10.4 Å². The van der Waals surface area contributed by atoms with Crippen LogP contribution >= 0.6 is 0 Å². The van der Waals surface area contributed by atoms with Crippen LogP contribution in [0.15, 0.2) is 24.3 Å². The number of hydrogen-bond donors (Lipinski definition) is 1. The van der Waals surface area contributed by atoms with E-state index >= 15 is 0 Å². The zero-order valence-corrected chi connectivity index (χ0v) is 10.4. The number of hydrogen-bond acceptors (Lipinski definition) is 3.